The molecule has 25 heavy (non-hydrogen) atoms. The zero-order chi connectivity index (χ0) is 16.2. The van der Waals surface area contributed by atoms with Crippen molar-refractivity contribution in [1.82, 2.24) is 25.0 Å². The van der Waals surface area contributed by atoms with E-state index < -0.39 is 0 Å². The van der Waals surface area contributed by atoms with Gasteiger partial charge in [0.25, 0.3) is 0 Å². The Bertz CT molecular complexity index is 645. The molecule has 2 N–H and O–H groups in total. The Morgan fingerprint density at radius 3 is 2.48 bits per heavy atom. The number of rotatable bonds is 5. The predicted molar refractivity (Wildman–Crippen MR) is 101 cm³/mol. The fraction of sp³-hybridized carbons (Fsp3) is 0.571. The van der Waals surface area contributed by atoms with Crippen LogP contribution in [0.4, 0.5) is 11.8 Å². The van der Waals surface area contributed by atoms with E-state index in [0.717, 1.165) is 37.9 Å². The maximum absolute atomic E-state index is 5.48. The van der Waals surface area contributed by atoms with E-state index in [-0.39, 0.29) is 31.4 Å². The molecule has 0 amide bonds. The van der Waals surface area contributed by atoms with Gasteiger partial charge in [-0.1, -0.05) is 5.16 Å². The van der Waals surface area contributed by atoms with Crippen LogP contribution < -0.4 is 15.5 Å². The lowest BCUT2D eigenvalue weighted by Gasteiger charge is -2.34. The van der Waals surface area contributed by atoms with E-state index in [1.165, 1.54) is 0 Å². The van der Waals surface area contributed by atoms with E-state index in [1.54, 1.807) is 6.20 Å². The lowest BCUT2D eigenvalue weighted by Crippen LogP contribution is -2.46. The summed E-state index contributed by atoms with van der Waals surface area (Å²) in [5.41, 5.74) is 5.48. The number of nitrogens with two attached hydrogens (primary N) is 1. The third-order valence-corrected chi connectivity index (χ3v) is 3.77. The maximum atomic E-state index is 5.48. The first-order valence-corrected chi connectivity index (χ1v) is 7.65. The first-order valence-electron chi connectivity index (χ1n) is 7.65. The third kappa shape index (κ3) is 5.40. The van der Waals surface area contributed by atoms with Crippen molar-refractivity contribution in [3.8, 4) is 0 Å². The molecule has 0 saturated carbocycles. The molecule has 3 heterocycles. The average Bonchev–Trinajstić information content (AvgIpc) is 3.03. The smallest absolute Gasteiger partial charge is 0.240 e. The summed E-state index contributed by atoms with van der Waals surface area (Å²) in [6.07, 6.45) is 1.80. The van der Waals surface area contributed by atoms with Gasteiger partial charge in [0, 0.05) is 46.5 Å². The van der Waals surface area contributed by atoms with Gasteiger partial charge in [0.2, 0.25) is 11.8 Å². The van der Waals surface area contributed by atoms with Crippen LogP contribution in [-0.4, -0.2) is 65.3 Å². The lowest BCUT2D eigenvalue weighted by molar-refractivity contribution is 0.239. The van der Waals surface area contributed by atoms with E-state index in [2.05, 4.69) is 29.9 Å². The number of hydrogen-bond donors (Lipinski definition) is 1. The Morgan fingerprint density at radius 2 is 1.88 bits per heavy atom. The Balaban J connectivity index is 0.00000156. The van der Waals surface area contributed by atoms with E-state index in [0.29, 0.717) is 18.3 Å². The van der Waals surface area contributed by atoms with Gasteiger partial charge in [-0.2, -0.15) is 9.97 Å². The van der Waals surface area contributed by atoms with E-state index in [4.69, 9.17) is 10.3 Å². The molecule has 1 aliphatic rings. The molecule has 11 heteroatoms. The van der Waals surface area contributed by atoms with Gasteiger partial charge < -0.3 is 20.1 Å². The second kappa shape index (κ2) is 9.71. The number of piperazine rings is 1. The van der Waals surface area contributed by atoms with Crippen molar-refractivity contribution in [2.75, 3.05) is 50.1 Å². The number of aromatic nitrogens is 4. The molecule has 0 unspecified atom stereocenters. The molecule has 2 aromatic rings. The zero-order valence-corrected chi connectivity index (χ0v) is 16.0. The minimum absolute atomic E-state index is 0. The molecule has 1 saturated heterocycles. The van der Waals surface area contributed by atoms with Gasteiger partial charge in [-0.25, -0.2) is 4.98 Å². The summed E-state index contributed by atoms with van der Waals surface area (Å²) < 4.78 is 5.04. The van der Waals surface area contributed by atoms with Gasteiger partial charge in [-0.15, -0.1) is 24.8 Å². The largest absolute Gasteiger partial charge is 0.354 e. The molecule has 0 aromatic carbocycles. The summed E-state index contributed by atoms with van der Waals surface area (Å²) >= 11 is 0. The predicted octanol–water partition coefficient (Wildman–Crippen LogP) is 0.550. The van der Waals surface area contributed by atoms with Crippen molar-refractivity contribution >= 4 is 36.6 Å². The highest BCUT2D eigenvalue weighted by Crippen LogP contribution is 2.16. The molecule has 0 atom stereocenters. The van der Waals surface area contributed by atoms with Crippen LogP contribution in [0.15, 0.2) is 16.8 Å². The van der Waals surface area contributed by atoms with Crippen LogP contribution in [0.5, 0.6) is 0 Å². The van der Waals surface area contributed by atoms with Crippen molar-refractivity contribution < 1.29 is 4.52 Å². The van der Waals surface area contributed by atoms with Crippen LogP contribution in [0.25, 0.3) is 0 Å². The molecule has 0 bridgehead atoms. The Morgan fingerprint density at radius 1 is 1.16 bits per heavy atom. The monoisotopic (exact) mass is 390 g/mol. The van der Waals surface area contributed by atoms with Gasteiger partial charge in [0.05, 0.1) is 13.1 Å². The van der Waals surface area contributed by atoms with Crippen molar-refractivity contribution in [1.29, 1.82) is 0 Å². The molecule has 2 aromatic heterocycles. The number of nitrogens with zero attached hydrogens (tertiary/aromatic N) is 7. The van der Waals surface area contributed by atoms with Crippen LogP contribution in [0, 0.1) is 0 Å². The minimum atomic E-state index is 0. The fourth-order valence-electron chi connectivity index (χ4n) is 2.50. The lowest BCUT2D eigenvalue weighted by atomic mass is 10.3. The molecule has 140 valence electrons. The zero-order valence-electron chi connectivity index (χ0n) is 14.3. The minimum Gasteiger partial charge on any atom is -0.354 e. The Kier molecular flexibility index (Phi) is 8.30. The van der Waals surface area contributed by atoms with Crippen molar-refractivity contribution in [3.63, 3.8) is 0 Å². The summed E-state index contributed by atoms with van der Waals surface area (Å²) in [4.78, 5) is 19.6. The Labute approximate surface area is 159 Å². The summed E-state index contributed by atoms with van der Waals surface area (Å²) in [7, 11) is 3.88. The SMILES string of the molecule is CN(C)c1nccc(N2CCN(Cc3noc(CN)n3)CC2)n1.Cl.Cl. The number of anilines is 2. The van der Waals surface area contributed by atoms with Gasteiger partial charge in [-0.05, 0) is 6.07 Å². The highest BCUT2D eigenvalue weighted by molar-refractivity contribution is 5.85. The van der Waals surface area contributed by atoms with Crippen LogP contribution in [0.2, 0.25) is 0 Å². The Hall–Kier alpha value is -1.68. The first kappa shape index (κ1) is 21.4. The molecule has 1 aliphatic heterocycles. The van der Waals surface area contributed by atoms with Gasteiger partial charge in [0.1, 0.15) is 5.82 Å². The topological polar surface area (TPSA) is 100 Å². The quantitative estimate of drug-likeness (QED) is 0.783. The standard InChI is InChI=1S/C14H22N8O.2ClH/c1-20(2)14-16-4-3-12(18-14)22-7-5-21(6-8-22)10-11-17-13(9-15)23-19-11;;/h3-4H,5-10,15H2,1-2H3;2*1H. The molecular formula is C14H24Cl2N8O. The van der Waals surface area contributed by atoms with Crippen LogP contribution >= 0.6 is 24.8 Å². The van der Waals surface area contributed by atoms with E-state index in [1.807, 2.05) is 25.1 Å². The fourth-order valence-corrected chi connectivity index (χ4v) is 2.50. The molecule has 3 rings (SSSR count). The van der Waals surface area contributed by atoms with Crippen molar-refractivity contribution in [2.45, 2.75) is 13.1 Å². The van der Waals surface area contributed by atoms with Crippen LogP contribution in [0.1, 0.15) is 11.7 Å². The molecule has 0 aliphatic carbocycles. The van der Waals surface area contributed by atoms with Crippen molar-refractivity contribution in [3.05, 3.63) is 24.0 Å². The number of hydrogen-bond acceptors (Lipinski definition) is 9. The molecule has 0 radical (unpaired) electrons. The normalized spacial score (nSPS) is 14.6. The van der Waals surface area contributed by atoms with E-state index >= 15 is 0 Å². The summed E-state index contributed by atoms with van der Waals surface area (Å²) in [6.45, 7) is 4.63. The van der Waals surface area contributed by atoms with Crippen LogP contribution in [0.3, 0.4) is 0 Å². The maximum Gasteiger partial charge on any atom is 0.240 e. The summed E-state index contributed by atoms with van der Waals surface area (Å²) in [5, 5.41) is 3.94. The highest BCUT2D eigenvalue weighted by Gasteiger charge is 2.20. The second-order valence-electron chi connectivity index (χ2n) is 5.68. The molecular weight excluding hydrogens is 367 g/mol. The molecule has 0 spiro atoms. The van der Waals surface area contributed by atoms with Gasteiger partial charge in [0.15, 0.2) is 5.82 Å². The molecule has 1 fully saturated rings. The third-order valence-electron chi connectivity index (χ3n) is 3.77. The second-order valence-corrected chi connectivity index (χ2v) is 5.68. The van der Waals surface area contributed by atoms with Gasteiger partial charge >= 0.3 is 0 Å². The average molecular weight is 391 g/mol. The van der Waals surface area contributed by atoms with E-state index in [9.17, 15) is 0 Å². The number of halogens is 2. The molecule has 9 nitrogen and oxygen atoms in total. The summed E-state index contributed by atoms with van der Waals surface area (Å²) in [6, 6.07) is 1.95. The van der Waals surface area contributed by atoms with Gasteiger partial charge in [-0.3, -0.25) is 4.90 Å². The summed E-state index contributed by atoms with van der Waals surface area (Å²) in [5.74, 6) is 2.87. The highest BCUT2D eigenvalue weighted by atomic mass is 35.5. The first-order chi connectivity index (χ1) is 11.2. The van der Waals surface area contributed by atoms with Crippen LogP contribution in [-0.2, 0) is 13.1 Å². The van der Waals surface area contributed by atoms with Crippen molar-refractivity contribution in [2.24, 2.45) is 5.73 Å².